The molecule has 2 aromatic rings. The second-order valence-corrected chi connectivity index (χ2v) is 4.34. The summed E-state index contributed by atoms with van der Waals surface area (Å²) in [5.41, 5.74) is 7.28. The van der Waals surface area contributed by atoms with Gasteiger partial charge in [0.1, 0.15) is 17.7 Å². The molecule has 0 aliphatic heterocycles. The van der Waals surface area contributed by atoms with Crippen LogP contribution in [0.15, 0.2) is 24.3 Å². The highest BCUT2D eigenvalue weighted by molar-refractivity contribution is 5.47. The van der Waals surface area contributed by atoms with E-state index in [1.165, 1.54) is 16.8 Å². The van der Waals surface area contributed by atoms with Crippen LogP contribution in [0, 0.1) is 17.1 Å². The molecule has 0 radical (unpaired) electrons. The van der Waals surface area contributed by atoms with Crippen LogP contribution in [0.4, 0.5) is 10.2 Å². The predicted octanol–water partition coefficient (Wildman–Crippen LogP) is 2.59. The third-order valence-electron chi connectivity index (χ3n) is 2.66. The summed E-state index contributed by atoms with van der Waals surface area (Å²) in [6.45, 7) is 4.02. The number of benzene rings is 1. The topological polar surface area (TPSA) is 67.6 Å². The zero-order valence-electron chi connectivity index (χ0n) is 10.2. The molecule has 0 bridgehead atoms. The van der Waals surface area contributed by atoms with E-state index in [0.29, 0.717) is 11.5 Å². The highest BCUT2D eigenvalue weighted by Crippen LogP contribution is 2.21. The molecule has 0 spiro atoms. The summed E-state index contributed by atoms with van der Waals surface area (Å²) in [4.78, 5) is 0. The van der Waals surface area contributed by atoms with E-state index in [4.69, 9.17) is 11.0 Å². The van der Waals surface area contributed by atoms with Crippen molar-refractivity contribution in [3.05, 3.63) is 41.3 Å². The molecule has 0 saturated carbocycles. The van der Waals surface area contributed by atoms with Crippen LogP contribution < -0.4 is 5.73 Å². The monoisotopic (exact) mass is 244 g/mol. The van der Waals surface area contributed by atoms with Gasteiger partial charge in [0.2, 0.25) is 0 Å². The first kappa shape index (κ1) is 12.1. The summed E-state index contributed by atoms with van der Waals surface area (Å²) >= 11 is 0. The van der Waals surface area contributed by atoms with Crippen molar-refractivity contribution in [1.29, 1.82) is 5.26 Å². The standard InChI is InChI=1S/C13H13FN4/c1-8(2)12-6-13(16)18(17-12)10-3-4-11(14)9(5-10)7-15/h3-6,8H,16H2,1-2H3. The van der Waals surface area contributed by atoms with Crippen LogP contribution >= 0.6 is 0 Å². The van der Waals surface area contributed by atoms with Crippen molar-refractivity contribution in [2.45, 2.75) is 19.8 Å². The summed E-state index contributed by atoms with van der Waals surface area (Å²) < 4.78 is 14.7. The third-order valence-corrected chi connectivity index (χ3v) is 2.66. The molecule has 0 unspecified atom stereocenters. The molecule has 18 heavy (non-hydrogen) atoms. The van der Waals surface area contributed by atoms with Gasteiger partial charge in [-0.2, -0.15) is 10.4 Å². The number of halogens is 1. The van der Waals surface area contributed by atoms with Gasteiger partial charge in [0.15, 0.2) is 0 Å². The van der Waals surface area contributed by atoms with Crippen LogP contribution in [0.1, 0.15) is 31.0 Å². The van der Waals surface area contributed by atoms with Gasteiger partial charge in [-0.05, 0) is 24.1 Å². The minimum atomic E-state index is -0.545. The van der Waals surface area contributed by atoms with E-state index >= 15 is 0 Å². The maximum absolute atomic E-state index is 13.2. The lowest BCUT2D eigenvalue weighted by Crippen LogP contribution is -2.03. The maximum atomic E-state index is 13.2. The number of nitrogen functional groups attached to an aromatic ring is 1. The molecule has 2 rings (SSSR count). The SMILES string of the molecule is CC(C)c1cc(N)n(-c2ccc(F)c(C#N)c2)n1. The number of hydrogen-bond donors (Lipinski definition) is 1. The van der Waals surface area contributed by atoms with Gasteiger partial charge in [-0.15, -0.1) is 0 Å². The molecule has 0 fully saturated rings. The molecule has 1 aromatic carbocycles. The van der Waals surface area contributed by atoms with Crippen LogP contribution in [0.2, 0.25) is 0 Å². The highest BCUT2D eigenvalue weighted by Gasteiger charge is 2.11. The van der Waals surface area contributed by atoms with Gasteiger partial charge in [0.25, 0.3) is 0 Å². The average Bonchev–Trinajstić information content (AvgIpc) is 2.72. The lowest BCUT2D eigenvalue weighted by atomic mass is 10.1. The Morgan fingerprint density at radius 1 is 1.39 bits per heavy atom. The molecule has 0 saturated heterocycles. The van der Waals surface area contributed by atoms with Gasteiger partial charge in [0, 0.05) is 6.07 Å². The Morgan fingerprint density at radius 2 is 2.11 bits per heavy atom. The Labute approximate surface area is 104 Å². The molecular weight excluding hydrogens is 231 g/mol. The van der Waals surface area contributed by atoms with Crippen molar-refractivity contribution in [3.63, 3.8) is 0 Å². The minimum absolute atomic E-state index is 0.0199. The Morgan fingerprint density at radius 3 is 2.67 bits per heavy atom. The first-order valence-electron chi connectivity index (χ1n) is 5.58. The van der Waals surface area contributed by atoms with E-state index in [2.05, 4.69) is 5.10 Å². The van der Waals surface area contributed by atoms with Gasteiger partial charge in [-0.1, -0.05) is 13.8 Å². The molecule has 4 nitrogen and oxygen atoms in total. The molecule has 0 aliphatic carbocycles. The van der Waals surface area contributed by atoms with E-state index in [1.807, 2.05) is 13.8 Å². The van der Waals surface area contributed by atoms with Gasteiger partial charge in [0.05, 0.1) is 16.9 Å². The number of hydrogen-bond acceptors (Lipinski definition) is 3. The van der Waals surface area contributed by atoms with E-state index in [9.17, 15) is 4.39 Å². The van der Waals surface area contributed by atoms with E-state index in [-0.39, 0.29) is 11.5 Å². The van der Waals surface area contributed by atoms with Crippen LogP contribution in [0.5, 0.6) is 0 Å². The zero-order chi connectivity index (χ0) is 13.3. The number of anilines is 1. The maximum Gasteiger partial charge on any atom is 0.141 e. The van der Waals surface area contributed by atoms with Gasteiger partial charge in [-0.3, -0.25) is 0 Å². The van der Waals surface area contributed by atoms with Gasteiger partial charge >= 0.3 is 0 Å². The Balaban J connectivity index is 2.52. The van der Waals surface area contributed by atoms with E-state index in [1.54, 1.807) is 18.2 Å². The average molecular weight is 244 g/mol. The van der Waals surface area contributed by atoms with Crippen molar-refractivity contribution in [2.24, 2.45) is 0 Å². The van der Waals surface area contributed by atoms with Crippen LogP contribution in [-0.2, 0) is 0 Å². The largest absolute Gasteiger partial charge is 0.384 e. The number of rotatable bonds is 2. The smallest absolute Gasteiger partial charge is 0.141 e. The normalized spacial score (nSPS) is 10.6. The molecule has 1 aromatic heterocycles. The Hall–Kier alpha value is -2.35. The Bertz CT molecular complexity index is 622. The van der Waals surface area contributed by atoms with Gasteiger partial charge in [-0.25, -0.2) is 9.07 Å². The number of nitrogens with zero attached hydrogens (tertiary/aromatic N) is 3. The lowest BCUT2D eigenvalue weighted by Gasteiger charge is -2.05. The molecule has 5 heteroatoms. The van der Waals surface area contributed by atoms with Crippen LogP contribution in [-0.4, -0.2) is 9.78 Å². The highest BCUT2D eigenvalue weighted by atomic mass is 19.1. The molecular formula is C13H13FN4. The third kappa shape index (κ3) is 2.05. The Kier molecular flexibility index (Phi) is 3.02. The second kappa shape index (κ2) is 4.49. The fourth-order valence-corrected chi connectivity index (χ4v) is 1.63. The lowest BCUT2D eigenvalue weighted by molar-refractivity contribution is 0.623. The zero-order valence-corrected chi connectivity index (χ0v) is 10.2. The van der Waals surface area contributed by atoms with Crippen molar-refractivity contribution in [2.75, 3.05) is 5.73 Å². The van der Waals surface area contributed by atoms with Crippen LogP contribution in [0.25, 0.3) is 5.69 Å². The summed E-state index contributed by atoms with van der Waals surface area (Å²) in [6, 6.07) is 7.79. The van der Waals surface area contributed by atoms with E-state index < -0.39 is 5.82 Å². The molecule has 0 aliphatic rings. The summed E-state index contributed by atoms with van der Waals surface area (Å²) in [7, 11) is 0. The quantitative estimate of drug-likeness (QED) is 0.882. The number of aromatic nitrogens is 2. The van der Waals surface area contributed by atoms with Crippen molar-refractivity contribution < 1.29 is 4.39 Å². The van der Waals surface area contributed by atoms with Gasteiger partial charge < -0.3 is 5.73 Å². The molecule has 2 N–H and O–H groups in total. The fraction of sp³-hybridized carbons (Fsp3) is 0.231. The van der Waals surface area contributed by atoms with Crippen molar-refractivity contribution >= 4 is 5.82 Å². The molecule has 1 heterocycles. The van der Waals surface area contributed by atoms with Crippen molar-refractivity contribution in [3.8, 4) is 11.8 Å². The summed E-state index contributed by atoms with van der Waals surface area (Å²) in [5.74, 6) is 0.176. The minimum Gasteiger partial charge on any atom is -0.384 e. The number of nitriles is 1. The molecule has 92 valence electrons. The summed E-state index contributed by atoms with van der Waals surface area (Å²) in [6.07, 6.45) is 0. The second-order valence-electron chi connectivity index (χ2n) is 4.34. The first-order chi connectivity index (χ1) is 8.52. The van der Waals surface area contributed by atoms with Crippen molar-refractivity contribution in [1.82, 2.24) is 9.78 Å². The first-order valence-corrected chi connectivity index (χ1v) is 5.58. The number of nitrogens with two attached hydrogens (primary N) is 1. The van der Waals surface area contributed by atoms with E-state index in [0.717, 1.165) is 5.69 Å². The summed E-state index contributed by atoms with van der Waals surface area (Å²) in [5, 5.41) is 13.1. The molecule has 0 amide bonds. The molecule has 0 atom stereocenters. The fourth-order valence-electron chi connectivity index (χ4n) is 1.63. The predicted molar refractivity (Wildman–Crippen MR) is 66.7 cm³/mol. The van der Waals surface area contributed by atoms with Crippen LogP contribution in [0.3, 0.4) is 0 Å².